The molecule has 0 aromatic heterocycles. The molecule has 8 unspecified atom stereocenters. The Morgan fingerprint density at radius 2 is 0.661 bits per heavy atom. The number of benzene rings is 4. The molecule has 4 amide bonds. The summed E-state index contributed by atoms with van der Waals surface area (Å²) < 4.78 is 0. The second-order valence-corrected chi connectivity index (χ2v) is 21.5. The second kappa shape index (κ2) is 27.6. The fourth-order valence-electron chi connectivity index (χ4n) is 5.50. The Morgan fingerprint density at radius 3 is 0.871 bits per heavy atom. The quantitative estimate of drug-likeness (QED) is 0.0648. The van der Waals surface area contributed by atoms with E-state index >= 15 is 0 Å². The van der Waals surface area contributed by atoms with Gasteiger partial charge in [0.15, 0.2) is 0 Å². The zero-order valence-electron chi connectivity index (χ0n) is 35.9. The van der Waals surface area contributed by atoms with Crippen molar-refractivity contribution < 1.29 is 68.8 Å². The molecule has 0 spiro atoms. The standard InChI is InChI=1S/2C20H28N4O2P4.U.V/c2*1-19(2,17(25)24-30-28)13-5-9-15(10-6-13)22-23-16-11-7-14(8-12-16)20(3,4)21-18(26)29-27;;/h2*5-12,29-30H,27-28H2,1-4H3,(H,21,26)(H,24,25);;. The minimum absolute atomic E-state index is 0. The molecule has 0 aliphatic rings. The topological polar surface area (TPSA) is 166 Å². The molecule has 12 nitrogen and oxygen atoms in total. The van der Waals surface area contributed by atoms with Crippen LogP contribution < -0.4 is 20.8 Å². The number of azo groups is 2. The van der Waals surface area contributed by atoms with Gasteiger partial charge in [0.25, 0.3) is 0 Å². The van der Waals surface area contributed by atoms with E-state index in [0.717, 1.165) is 33.6 Å². The van der Waals surface area contributed by atoms with Crippen molar-refractivity contribution in [3.05, 3.63) is 119 Å². The van der Waals surface area contributed by atoms with Crippen LogP contribution in [0.2, 0.25) is 0 Å². The Balaban J connectivity index is 0.000000601. The van der Waals surface area contributed by atoms with Gasteiger partial charge in [-0.25, -0.2) is 0 Å². The van der Waals surface area contributed by atoms with Gasteiger partial charge in [-0.3, -0.25) is 19.2 Å². The predicted molar refractivity (Wildman–Crippen MR) is 272 cm³/mol. The normalized spacial score (nSPS) is 12.5. The molecule has 329 valence electrons. The molecule has 4 N–H and O–H groups in total. The second-order valence-electron chi connectivity index (χ2n) is 15.5. The van der Waals surface area contributed by atoms with Gasteiger partial charge < -0.3 is 20.8 Å². The molecule has 8 atom stereocenters. The summed E-state index contributed by atoms with van der Waals surface area (Å²) in [5, 5.41) is 28.9. The van der Waals surface area contributed by atoms with E-state index < -0.39 is 21.9 Å². The Morgan fingerprint density at radius 1 is 0.435 bits per heavy atom. The van der Waals surface area contributed by atoms with E-state index in [1.165, 1.54) is 0 Å². The smallest absolute Gasteiger partial charge is 0.242 e. The largest absolute Gasteiger partial charge is 0.344 e. The maximum atomic E-state index is 12.3. The van der Waals surface area contributed by atoms with Crippen LogP contribution in [-0.2, 0) is 50.1 Å². The van der Waals surface area contributed by atoms with Crippen molar-refractivity contribution in [3.8, 4) is 0 Å². The number of nitrogens with one attached hydrogen (secondary N) is 4. The molecule has 0 saturated carbocycles. The minimum Gasteiger partial charge on any atom is -0.344 e. The molecule has 0 fully saturated rings. The zero-order valence-corrected chi connectivity index (χ0v) is 50.1. The van der Waals surface area contributed by atoms with Crippen molar-refractivity contribution >= 4 is 115 Å². The van der Waals surface area contributed by atoms with Gasteiger partial charge in [0.05, 0.1) is 44.7 Å². The summed E-state index contributed by atoms with van der Waals surface area (Å²) in [5.41, 5.74) is 4.55. The monoisotopic (exact) mass is 1250 g/mol. The Bertz CT molecular complexity index is 1990. The number of carbonyl (C=O) groups excluding carboxylic acids is 4. The minimum atomic E-state index is -0.617. The van der Waals surface area contributed by atoms with Crippen LogP contribution in [0.5, 0.6) is 0 Å². The SMILES string of the molecule is CC(C)(NC(=O)PP)c1ccc(N=Nc2ccc(C(C)(C)C(=O)NPP)cc2)cc1.CC(C)(NC(=O)PP)c1ccc(N=Nc2ccc(C(C)(C)C(=O)NPP)cc2)cc1.[U].[V]. The van der Waals surface area contributed by atoms with Crippen LogP contribution in [0.4, 0.5) is 32.3 Å². The molecule has 62 heavy (non-hydrogen) atoms. The molecule has 0 aliphatic carbocycles. The van der Waals surface area contributed by atoms with Crippen molar-refractivity contribution in [2.75, 3.05) is 0 Å². The Kier molecular flexibility index (Phi) is 26.3. The summed E-state index contributed by atoms with van der Waals surface area (Å²) in [6, 6.07) is 30.3. The van der Waals surface area contributed by atoms with Crippen molar-refractivity contribution in [2.45, 2.75) is 77.3 Å². The Hall–Kier alpha value is -0.964. The van der Waals surface area contributed by atoms with Gasteiger partial charge in [0, 0.05) is 49.7 Å². The first-order chi connectivity index (χ1) is 28.2. The van der Waals surface area contributed by atoms with Gasteiger partial charge in [-0.05, 0) is 160 Å². The molecular weight excluding hydrogens is 1190 g/mol. The molecule has 0 heterocycles. The molecule has 4 aromatic rings. The molecule has 0 aliphatic heterocycles. The van der Waals surface area contributed by atoms with Crippen molar-refractivity contribution in [3.63, 3.8) is 0 Å². The third-order valence-corrected chi connectivity index (χ3v) is 13.5. The van der Waals surface area contributed by atoms with Crippen LogP contribution in [0.25, 0.3) is 0 Å². The van der Waals surface area contributed by atoms with Crippen LogP contribution in [0, 0.1) is 31.1 Å². The summed E-state index contributed by atoms with van der Waals surface area (Å²) >= 11 is 0. The first kappa shape index (κ1) is 59.1. The van der Waals surface area contributed by atoms with E-state index in [0.29, 0.717) is 28.2 Å². The van der Waals surface area contributed by atoms with E-state index in [1.54, 1.807) is 0 Å². The van der Waals surface area contributed by atoms with Crippen LogP contribution in [0.1, 0.15) is 77.6 Å². The molecule has 0 bridgehead atoms. The van der Waals surface area contributed by atoms with Crippen LogP contribution in [0.15, 0.2) is 118 Å². The fraction of sp³-hybridized carbons (Fsp3) is 0.300. The molecule has 4 aromatic carbocycles. The van der Waals surface area contributed by atoms with Gasteiger partial charge in [-0.1, -0.05) is 66.4 Å². The first-order valence-electron chi connectivity index (χ1n) is 18.6. The van der Waals surface area contributed by atoms with E-state index in [2.05, 4.69) is 77.0 Å². The summed E-state index contributed by atoms with van der Waals surface area (Å²) in [6.07, 6.45) is 0. The average molecular weight is 1250 g/mol. The number of rotatable bonds is 16. The van der Waals surface area contributed by atoms with Gasteiger partial charge in [0.1, 0.15) is 0 Å². The zero-order chi connectivity index (χ0) is 44.7. The Labute approximate surface area is 418 Å². The van der Waals surface area contributed by atoms with Gasteiger partial charge in [-0.2, -0.15) is 20.5 Å². The maximum Gasteiger partial charge on any atom is 0.242 e. The maximum absolute atomic E-state index is 12.3. The predicted octanol–water partition coefficient (Wildman–Crippen LogP) is 12.6. The van der Waals surface area contributed by atoms with Crippen molar-refractivity contribution in [1.29, 1.82) is 0 Å². The number of carbonyl (C=O) groups is 4. The molecular formula is C40H56N8O4P8UV. The van der Waals surface area contributed by atoms with Crippen LogP contribution >= 0.6 is 69.1 Å². The third kappa shape index (κ3) is 18.0. The number of nitrogens with zero attached hydrogens (tertiary/aromatic N) is 4. The van der Waals surface area contributed by atoms with E-state index in [-0.39, 0.29) is 89.3 Å². The molecule has 22 heteroatoms. The molecule has 4 rings (SSSR count). The average Bonchev–Trinajstić information content (AvgIpc) is 3.22. The van der Waals surface area contributed by atoms with Gasteiger partial charge in [-0.15, -0.1) is 17.9 Å². The fourth-order valence-corrected chi connectivity index (χ4v) is 8.38. The molecule has 1 radical (unpaired) electrons. The van der Waals surface area contributed by atoms with E-state index in [1.807, 2.05) is 152 Å². The number of amides is 4. The number of hydrogen-bond acceptors (Lipinski definition) is 8. The van der Waals surface area contributed by atoms with Gasteiger partial charge in [0.2, 0.25) is 23.1 Å². The van der Waals surface area contributed by atoms with Crippen molar-refractivity contribution in [1.82, 2.24) is 20.8 Å². The van der Waals surface area contributed by atoms with E-state index in [9.17, 15) is 19.2 Å². The summed E-state index contributed by atoms with van der Waals surface area (Å²) in [5.74, 6) is -0.0230. The van der Waals surface area contributed by atoms with Crippen LogP contribution in [0.3, 0.4) is 0 Å². The molecule has 0 saturated heterocycles. The third-order valence-electron chi connectivity index (χ3n) is 9.54. The van der Waals surface area contributed by atoms with E-state index in [4.69, 9.17) is 0 Å². The summed E-state index contributed by atoms with van der Waals surface area (Å²) in [7, 11) is 10.8. The number of hydrogen-bond donors (Lipinski definition) is 4. The van der Waals surface area contributed by atoms with Crippen LogP contribution in [-0.4, -0.2) is 23.1 Å². The summed E-state index contributed by atoms with van der Waals surface area (Å²) in [6.45, 7) is 15.5. The van der Waals surface area contributed by atoms with Gasteiger partial charge >= 0.3 is 0 Å². The van der Waals surface area contributed by atoms with Crippen molar-refractivity contribution in [2.24, 2.45) is 20.5 Å². The summed E-state index contributed by atoms with van der Waals surface area (Å²) in [4.78, 5) is 47.9. The first-order valence-corrected chi connectivity index (χ1v) is 29.8.